The van der Waals surface area contributed by atoms with Crippen LogP contribution in [0.3, 0.4) is 0 Å². The van der Waals surface area contributed by atoms with Gasteiger partial charge in [0.2, 0.25) is 11.8 Å². The van der Waals surface area contributed by atoms with Crippen molar-refractivity contribution < 1.29 is 9.59 Å². The maximum absolute atomic E-state index is 12.8. The van der Waals surface area contributed by atoms with Gasteiger partial charge < -0.3 is 16.0 Å². The highest BCUT2D eigenvalue weighted by Crippen LogP contribution is 2.27. The molecule has 3 N–H and O–H groups in total. The Morgan fingerprint density at radius 2 is 2.00 bits per heavy atom. The Kier molecular flexibility index (Phi) is 6.92. The second-order valence-electron chi connectivity index (χ2n) is 8.37. The molecule has 3 aliphatic rings. The van der Waals surface area contributed by atoms with E-state index in [2.05, 4.69) is 17.1 Å². The Hall–Kier alpha value is -1.14. The second kappa shape index (κ2) is 9.18. The third-order valence-corrected chi connectivity index (χ3v) is 6.72. The minimum absolute atomic E-state index is 0.0284. The lowest BCUT2D eigenvalue weighted by Gasteiger charge is -2.31. The van der Waals surface area contributed by atoms with Crippen LogP contribution in [0.5, 0.6) is 0 Å². The van der Waals surface area contributed by atoms with E-state index in [0.717, 1.165) is 38.9 Å². The molecule has 2 amide bonds. The highest BCUT2D eigenvalue weighted by molar-refractivity contribution is 5.89. The molecule has 0 aromatic heterocycles. The van der Waals surface area contributed by atoms with E-state index in [9.17, 15) is 9.59 Å². The first-order valence-electron chi connectivity index (χ1n) is 10.6. The molecular formula is C20H36N4O2. The maximum Gasteiger partial charge on any atom is 0.225 e. The number of nitrogens with zero attached hydrogens (tertiary/aromatic N) is 2. The van der Waals surface area contributed by atoms with Gasteiger partial charge in [0.25, 0.3) is 0 Å². The number of likely N-dealkylation sites (tertiary alicyclic amines) is 2. The van der Waals surface area contributed by atoms with Gasteiger partial charge in [0.1, 0.15) is 0 Å². The quantitative estimate of drug-likeness (QED) is 0.715. The van der Waals surface area contributed by atoms with Crippen molar-refractivity contribution in [2.45, 2.75) is 70.4 Å². The summed E-state index contributed by atoms with van der Waals surface area (Å²) >= 11 is 0. The summed E-state index contributed by atoms with van der Waals surface area (Å²) in [6.45, 7) is 6.19. The Labute approximate surface area is 157 Å². The van der Waals surface area contributed by atoms with Gasteiger partial charge in [-0.3, -0.25) is 14.5 Å². The predicted octanol–water partition coefficient (Wildman–Crippen LogP) is 1.34. The average Bonchev–Trinajstić information content (AvgIpc) is 3.27. The highest BCUT2D eigenvalue weighted by atomic mass is 16.2. The third-order valence-electron chi connectivity index (χ3n) is 6.72. The number of hydrogen-bond donors (Lipinski definition) is 2. The first-order chi connectivity index (χ1) is 12.6. The number of carbonyl (C=O) groups is 2. The molecule has 3 fully saturated rings. The lowest BCUT2D eigenvalue weighted by atomic mass is 9.83. The normalized spacial score (nSPS) is 29.3. The molecule has 3 unspecified atom stereocenters. The van der Waals surface area contributed by atoms with Crippen molar-refractivity contribution in [3.8, 4) is 0 Å². The van der Waals surface area contributed by atoms with Crippen molar-refractivity contribution in [2.24, 2.45) is 17.6 Å². The van der Waals surface area contributed by atoms with Crippen molar-refractivity contribution >= 4 is 11.8 Å². The Balaban J connectivity index is 1.51. The summed E-state index contributed by atoms with van der Waals surface area (Å²) in [4.78, 5) is 29.6. The van der Waals surface area contributed by atoms with E-state index in [1.807, 2.05) is 4.90 Å². The van der Waals surface area contributed by atoms with Crippen LogP contribution in [0, 0.1) is 11.8 Å². The molecule has 2 aliphatic heterocycles. The molecule has 0 spiro atoms. The standard InChI is InChI=1S/C20H36N4O2/c1-2-23-10-6-9-17(23)14-24-13-16(11-19(24)25)20(26)22-18(12-21)15-7-4-3-5-8-15/h15-18H,2-14,21H2,1H3,(H,22,26). The van der Waals surface area contributed by atoms with Gasteiger partial charge in [0.05, 0.1) is 5.92 Å². The highest BCUT2D eigenvalue weighted by Gasteiger charge is 2.38. The van der Waals surface area contributed by atoms with Crippen LogP contribution in [0.2, 0.25) is 0 Å². The molecule has 1 saturated carbocycles. The summed E-state index contributed by atoms with van der Waals surface area (Å²) in [6.07, 6.45) is 8.81. The van der Waals surface area contributed by atoms with Crippen molar-refractivity contribution in [1.29, 1.82) is 0 Å². The van der Waals surface area contributed by atoms with Gasteiger partial charge >= 0.3 is 0 Å². The van der Waals surface area contributed by atoms with E-state index in [0.29, 0.717) is 31.5 Å². The van der Waals surface area contributed by atoms with Gasteiger partial charge in [-0.15, -0.1) is 0 Å². The largest absolute Gasteiger partial charge is 0.352 e. The molecule has 2 heterocycles. The monoisotopic (exact) mass is 364 g/mol. The molecule has 0 aromatic rings. The zero-order valence-electron chi connectivity index (χ0n) is 16.3. The zero-order chi connectivity index (χ0) is 18.5. The Bertz CT molecular complexity index is 492. The van der Waals surface area contributed by atoms with Crippen LogP contribution in [0.1, 0.15) is 58.3 Å². The molecule has 148 valence electrons. The second-order valence-corrected chi connectivity index (χ2v) is 8.37. The zero-order valence-corrected chi connectivity index (χ0v) is 16.3. The average molecular weight is 365 g/mol. The fourth-order valence-corrected chi connectivity index (χ4v) is 5.10. The summed E-state index contributed by atoms with van der Waals surface area (Å²) in [6, 6.07) is 0.530. The number of hydrogen-bond acceptors (Lipinski definition) is 4. The van der Waals surface area contributed by atoms with Gasteiger partial charge in [0, 0.05) is 38.1 Å². The number of amides is 2. The maximum atomic E-state index is 12.8. The molecule has 0 bridgehead atoms. The summed E-state index contributed by atoms with van der Waals surface area (Å²) in [5.41, 5.74) is 5.95. The number of rotatable bonds is 7. The Morgan fingerprint density at radius 3 is 2.69 bits per heavy atom. The van der Waals surface area contributed by atoms with Crippen LogP contribution in [0.25, 0.3) is 0 Å². The van der Waals surface area contributed by atoms with Crippen LogP contribution in [-0.2, 0) is 9.59 Å². The predicted molar refractivity (Wildman–Crippen MR) is 103 cm³/mol. The molecule has 6 nitrogen and oxygen atoms in total. The van der Waals surface area contributed by atoms with Crippen molar-refractivity contribution in [1.82, 2.24) is 15.1 Å². The first-order valence-corrected chi connectivity index (χ1v) is 10.6. The van der Waals surface area contributed by atoms with Crippen LogP contribution < -0.4 is 11.1 Å². The van der Waals surface area contributed by atoms with Crippen molar-refractivity contribution in [2.75, 3.05) is 32.7 Å². The first kappa shape index (κ1) is 19.6. The fraction of sp³-hybridized carbons (Fsp3) is 0.900. The number of likely N-dealkylation sites (N-methyl/N-ethyl adjacent to an activating group) is 1. The summed E-state index contributed by atoms with van der Waals surface area (Å²) in [7, 11) is 0. The molecule has 0 radical (unpaired) electrons. The molecule has 6 heteroatoms. The minimum atomic E-state index is -0.211. The molecule has 0 aromatic carbocycles. The van der Waals surface area contributed by atoms with Gasteiger partial charge in [0.15, 0.2) is 0 Å². The smallest absolute Gasteiger partial charge is 0.225 e. The van der Waals surface area contributed by atoms with Gasteiger partial charge in [-0.25, -0.2) is 0 Å². The summed E-state index contributed by atoms with van der Waals surface area (Å²) in [5, 5.41) is 3.18. The number of carbonyl (C=O) groups excluding carboxylic acids is 2. The summed E-state index contributed by atoms with van der Waals surface area (Å²) in [5.74, 6) is 0.454. The van der Waals surface area contributed by atoms with Crippen LogP contribution in [-0.4, -0.2) is 66.4 Å². The third kappa shape index (κ3) is 4.58. The lowest BCUT2D eigenvalue weighted by Crippen LogP contribution is -2.48. The SMILES string of the molecule is CCN1CCCC1CN1CC(C(=O)NC(CN)C2CCCCC2)CC1=O. The molecule has 3 atom stereocenters. The minimum Gasteiger partial charge on any atom is -0.352 e. The molecule has 26 heavy (non-hydrogen) atoms. The van der Waals surface area contributed by atoms with E-state index < -0.39 is 0 Å². The number of nitrogens with one attached hydrogen (secondary N) is 1. The summed E-state index contributed by atoms with van der Waals surface area (Å²) < 4.78 is 0. The van der Waals surface area contributed by atoms with Crippen LogP contribution in [0.4, 0.5) is 0 Å². The van der Waals surface area contributed by atoms with Gasteiger partial charge in [-0.05, 0) is 44.7 Å². The van der Waals surface area contributed by atoms with Gasteiger partial charge in [-0.1, -0.05) is 26.2 Å². The molecule has 1 aliphatic carbocycles. The molecule has 3 rings (SSSR count). The van der Waals surface area contributed by atoms with E-state index in [4.69, 9.17) is 5.73 Å². The van der Waals surface area contributed by atoms with Crippen molar-refractivity contribution in [3.05, 3.63) is 0 Å². The van der Waals surface area contributed by atoms with E-state index in [1.165, 1.54) is 25.7 Å². The van der Waals surface area contributed by atoms with Crippen LogP contribution >= 0.6 is 0 Å². The molecule has 2 saturated heterocycles. The number of nitrogens with two attached hydrogens (primary N) is 1. The van der Waals surface area contributed by atoms with E-state index >= 15 is 0 Å². The van der Waals surface area contributed by atoms with Crippen LogP contribution in [0.15, 0.2) is 0 Å². The fourth-order valence-electron chi connectivity index (χ4n) is 5.10. The Morgan fingerprint density at radius 1 is 1.23 bits per heavy atom. The van der Waals surface area contributed by atoms with Gasteiger partial charge in [-0.2, -0.15) is 0 Å². The van der Waals surface area contributed by atoms with E-state index in [-0.39, 0.29) is 23.8 Å². The van der Waals surface area contributed by atoms with Crippen molar-refractivity contribution in [3.63, 3.8) is 0 Å². The molecular weight excluding hydrogens is 328 g/mol. The lowest BCUT2D eigenvalue weighted by molar-refractivity contribution is -0.129. The van der Waals surface area contributed by atoms with E-state index in [1.54, 1.807) is 0 Å². The topological polar surface area (TPSA) is 78.7 Å².